The van der Waals surface area contributed by atoms with Crippen molar-refractivity contribution in [3.05, 3.63) is 73.9 Å². The lowest BCUT2D eigenvalue weighted by atomic mass is 9.99. The van der Waals surface area contributed by atoms with Gasteiger partial charge >= 0.3 is 0 Å². The number of aromatic nitrogens is 1. The summed E-state index contributed by atoms with van der Waals surface area (Å²) in [6, 6.07) is 13.2. The van der Waals surface area contributed by atoms with Crippen molar-refractivity contribution in [2.24, 2.45) is 10.9 Å². The number of nitrogens with zero attached hydrogens (tertiary/aromatic N) is 3. The Morgan fingerprint density at radius 1 is 1.13 bits per heavy atom. The van der Waals surface area contributed by atoms with Crippen LogP contribution in [0.25, 0.3) is 11.3 Å². The molecule has 0 radical (unpaired) electrons. The van der Waals surface area contributed by atoms with Gasteiger partial charge in [0, 0.05) is 24.1 Å². The van der Waals surface area contributed by atoms with E-state index in [1.165, 1.54) is 24.8 Å². The first-order valence-electron chi connectivity index (χ1n) is 11.0. The minimum atomic E-state index is -0.357. The Labute approximate surface area is 188 Å². The Kier molecular flexibility index (Phi) is 7.80. The molecule has 0 aliphatic heterocycles. The zero-order chi connectivity index (χ0) is 22.4. The van der Waals surface area contributed by atoms with E-state index in [1.54, 1.807) is 23.5 Å². The van der Waals surface area contributed by atoms with E-state index >= 15 is 0 Å². The molecule has 164 valence electrons. The molecule has 1 heterocycles. The predicted octanol–water partition coefficient (Wildman–Crippen LogP) is 7.19. The number of thiazole rings is 1. The number of hydrogen-bond donors (Lipinski definition) is 0. The van der Waals surface area contributed by atoms with E-state index < -0.39 is 0 Å². The van der Waals surface area contributed by atoms with Gasteiger partial charge in [0.1, 0.15) is 0 Å². The third kappa shape index (κ3) is 5.70. The molecule has 0 fully saturated rings. The molecule has 0 saturated heterocycles. The number of nitro groups is 1. The SMILES string of the molecule is CCCCC(CC)Cn1c(-c2ccc([N+](=O)[O-])cc2)csc1=Nc1ccc(C)cc1C. The zero-order valence-electron chi connectivity index (χ0n) is 18.8. The van der Waals surface area contributed by atoms with Crippen molar-refractivity contribution >= 4 is 22.7 Å². The fraction of sp³-hybridized carbons (Fsp3) is 0.400. The number of aryl methyl sites for hydroxylation is 2. The van der Waals surface area contributed by atoms with Crippen molar-refractivity contribution in [2.45, 2.75) is 59.9 Å². The molecule has 2 aromatic carbocycles. The fourth-order valence-electron chi connectivity index (χ4n) is 3.79. The number of nitro benzene ring substituents is 1. The number of benzene rings is 2. The standard InChI is InChI=1S/C25H31N3O2S/c1-5-7-8-20(6-2)16-27-24(21-10-12-22(13-11-21)28(29)30)17-31-25(27)26-23-14-9-18(3)15-19(23)4/h9-15,17,20H,5-8,16H2,1-4H3. The molecule has 0 aliphatic carbocycles. The predicted molar refractivity (Wildman–Crippen MR) is 129 cm³/mol. The molecule has 6 heteroatoms. The molecule has 3 aromatic rings. The Morgan fingerprint density at radius 3 is 2.48 bits per heavy atom. The van der Waals surface area contributed by atoms with Crippen LogP contribution < -0.4 is 4.80 Å². The quantitative estimate of drug-likeness (QED) is 0.263. The first-order valence-corrected chi connectivity index (χ1v) is 11.9. The summed E-state index contributed by atoms with van der Waals surface area (Å²) in [6.07, 6.45) is 4.73. The lowest BCUT2D eigenvalue weighted by Crippen LogP contribution is -2.21. The van der Waals surface area contributed by atoms with Gasteiger partial charge in [-0.15, -0.1) is 11.3 Å². The average Bonchev–Trinajstić information content (AvgIpc) is 3.15. The van der Waals surface area contributed by atoms with Crippen LogP contribution in [0.5, 0.6) is 0 Å². The molecule has 0 N–H and O–H groups in total. The zero-order valence-corrected chi connectivity index (χ0v) is 19.6. The van der Waals surface area contributed by atoms with Crippen LogP contribution in [0.3, 0.4) is 0 Å². The molecule has 1 unspecified atom stereocenters. The average molecular weight is 438 g/mol. The molecule has 31 heavy (non-hydrogen) atoms. The molecule has 1 aromatic heterocycles. The van der Waals surface area contributed by atoms with Gasteiger partial charge in [0.05, 0.1) is 16.3 Å². The second-order valence-electron chi connectivity index (χ2n) is 8.14. The van der Waals surface area contributed by atoms with Crippen LogP contribution in [-0.4, -0.2) is 9.49 Å². The van der Waals surface area contributed by atoms with E-state index in [0.29, 0.717) is 5.92 Å². The molecule has 0 amide bonds. The smallest absolute Gasteiger partial charge is 0.269 e. The summed E-state index contributed by atoms with van der Waals surface area (Å²) in [6.45, 7) is 9.56. The second kappa shape index (κ2) is 10.5. The van der Waals surface area contributed by atoms with Gasteiger partial charge in [0.25, 0.3) is 5.69 Å². The van der Waals surface area contributed by atoms with Crippen molar-refractivity contribution in [3.8, 4) is 11.3 Å². The molecule has 0 aliphatic rings. The monoisotopic (exact) mass is 437 g/mol. The first kappa shape index (κ1) is 22.9. The molecule has 0 spiro atoms. The lowest BCUT2D eigenvalue weighted by molar-refractivity contribution is -0.384. The Balaban J connectivity index is 2.08. The Bertz CT molecular complexity index is 1100. The topological polar surface area (TPSA) is 60.4 Å². The summed E-state index contributed by atoms with van der Waals surface area (Å²) < 4.78 is 2.30. The van der Waals surface area contributed by atoms with Crippen LogP contribution in [-0.2, 0) is 6.54 Å². The number of hydrogen-bond acceptors (Lipinski definition) is 4. The molecule has 3 rings (SSSR count). The van der Waals surface area contributed by atoms with Crippen molar-refractivity contribution < 1.29 is 4.92 Å². The van der Waals surface area contributed by atoms with Gasteiger partial charge in [-0.2, -0.15) is 0 Å². The normalized spacial score (nSPS) is 12.8. The lowest BCUT2D eigenvalue weighted by Gasteiger charge is -2.18. The third-order valence-electron chi connectivity index (χ3n) is 5.72. The van der Waals surface area contributed by atoms with E-state index in [0.717, 1.165) is 40.3 Å². The van der Waals surface area contributed by atoms with Gasteiger partial charge in [-0.3, -0.25) is 10.1 Å². The molecule has 0 saturated carbocycles. The summed E-state index contributed by atoms with van der Waals surface area (Å²) in [5.41, 5.74) is 5.54. The van der Waals surface area contributed by atoms with Crippen LogP contribution in [0.15, 0.2) is 52.8 Å². The van der Waals surface area contributed by atoms with Gasteiger partial charge in [0.2, 0.25) is 0 Å². The number of rotatable bonds is 9. The molecule has 1 atom stereocenters. The maximum absolute atomic E-state index is 11.1. The van der Waals surface area contributed by atoms with Crippen LogP contribution in [0.4, 0.5) is 11.4 Å². The summed E-state index contributed by atoms with van der Waals surface area (Å²) >= 11 is 1.63. The van der Waals surface area contributed by atoms with Crippen molar-refractivity contribution in [2.75, 3.05) is 0 Å². The van der Waals surface area contributed by atoms with Gasteiger partial charge in [-0.05, 0) is 55.5 Å². The largest absolute Gasteiger partial charge is 0.316 e. The first-order chi connectivity index (χ1) is 14.9. The fourth-order valence-corrected chi connectivity index (χ4v) is 4.72. The van der Waals surface area contributed by atoms with E-state index in [2.05, 4.69) is 55.8 Å². The van der Waals surface area contributed by atoms with Crippen LogP contribution in [0.2, 0.25) is 0 Å². The Morgan fingerprint density at radius 2 is 1.87 bits per heavy atom. The van der Waals surface area contributed by atoms with Crippen molar-refractivity contribution in [1.82, 2.24) is 4.57 Å². The van der Waals surface area contributed by atoms with Crippen LogP contribution in [0.1, 0.15) is 50.7 Å². The van der Waals surface area contributed by atoms with E-state index in [-0.39, 0.29) is 10.6 Å². The molecular formula is C25H31N3O2S. The summed E-state index contributed by atoms with van der Waals surface area (Å²) in [5, 5.41) is 13.2. The van der Waals surface area contributed by atoms with Crippen molar-refractivity contribution in [1.29, 1.82) is 0 Å². The highest BCUT2D eigenvalue weighted by Gasteiger charge is 2.15. The maximum atomic E-state index is 11.1. The van der Waals surface area contributed by atoms with Gasteiger partial charge < -0.3 is 4.57 Å². The second-order valence-corrected chi connectivity index (χ2v) is 8.97. The molecule has 5 nitrogen and oxygen atoms in total. The third-order valence-corrected chi connectivity index (χ3v) is 6.59. The highest BCUT2D eigenvalue weighted by atomic mass is 32.1. The summed E-state index contributed by atoms with van der Waals surface area (Å²) in [4.78, 5) is 16.7. The van der Waals surface area contributed by atoms with Gasteiger partial charge in [-0.25, -0.2) is 4.99 Å². The number of unbranched alkanes of at least 4 members (excludes halogenated alkanes) is 1. The Hall–Kier alpha value is -2.73. The molecular weight excluding hydrogens is 406 g/mol. The summed E-state index contributed by atoms with van der Waals surface area (Å²) in [5.74, 6) is 0.574. The highest BCUT2D eigenvalue weighted by molar-refractivity contribution is 7.07. The van der Waals surface area contributed by atoms with Gasteiger partial charge in [0.15, 0.2) is 4.80 Å². The number of non-ortho nitro benzene ring substituents is 1. The maximum Gasteiger partial charge on any atom is 0.269 e. The van der Waals surface area contributed by atoms with E-state index in [9.17, 15) is 10.1 Å². The van der Waals surface area contributed by atoms with Crippen LogP contribution in [0, 0.1) is 29.9 Å². The minimum absolute atomic E-state index is 0.111. The van der Waals surface area contributed by atoms with E-state index in [4.69, 9.17) is 4.99 Å². The summed E-state index contributed by atoms with van der Waals surface area (Å²) in [7, 11) is 0. The van der Waals surface area contributed by atoms with Crippen molar-refractivity contribution in [3.63, 3.8) is 0 Å². The van der Waals surface area contributed by atoms with Gasteiger partial charge in [-0.1, -0.05) is 50.8 Å². The minimum Gasteiger partial charge on any atom is -0.316 e. The molecule has 0 bridgehead atoms. The van der Waals surface area contributed by atoms with E-state index in [1.807, 2.05) is 12.1 Å². The van der Waals surface area contributed by atoms with Crippen LogP contribution >= 0.6 is 11.3 Å². The highest BCUT2D eigenvalue weighted by Crippen LogP contribution is 2.26.